The molecule has 4 nitrogen and oxygen atoms in total. The van der Waals surface area contributed by atoms with Crippen molar-refractivity contribution >= 4 is 43.5 Å². The second kappa shape index (κ2) is 13.6. The van der Waals surface area contributed by atoms with Crippen molar-refractivity contribution in [3.63, 3.8) is 0 Å². The minimum absolute atomic E-state index is 0.624. The number of hydrogen-bond donors (Lipinski definition) is 0. The quantitative estimate of drug-likeness (QED) is 0.171. The third kappa shape index (κ3) is 5.66. The average Bonchev–Trinajstić information content (AvgIpc) is 3.69. The van der Waals surface area contributed by atoms with Crippen molar-refractivity contribution in [2.24, 2.45) is 0 Å². The molecule has 9 aromatic carbocycles. The molecular formula is C53H33N3O. The summed E-state index contributed by atoms with van der Waals surface area (Å²) in [5, 5.41) is 6.60. The van der Waals surface area contributed by atoms with Gasteiger partial charge in [0.25, 0.3) is 0 Å². The standard InChI is InChI=1S/C53H33N3O/c1-4-15-34(16-5-1)35-27-29-38(30-28-35)52-54-51(37-19-8-3-9-20-37)55-53(56-52)44-32-31-43(41-22-10-11-23-42(41)44)46-33-39-21-14-25-40(36-17-6-2-7-18-36)48(39)50-49(46)45-24-12-13-26-47(45)57-50/h1-33H. The van der Waals surface area contributed by atoms with Gasteiger partial charge in [-0.05, 0) is 67.7 Å². The topological polar surface area (TPSA) is 51.8 Å². The van der Waals surface area contributed by atoms with E-state index in [0.29, 0.717) is 17.5 Å². The van der Waals surface area contributed by atoms with Crippen molar-refractivity contribution in [1.82, 2.24) is 15.0 Å². The molecule has 0 aliphatic carbocycles. The van der Waals surface area contributed by atoms with Crippen LogP contribution >= 0.6 is 0 Å². The van der Waals surface area contributed by atoms with E-state index in [-0.39, 0.29) is 0 Å². The van der Waals surface area contributed by atoms with Crippen molar-refractivity contribution in [2.75, 3.05) is 0 Å². The summed E-state index contributed by atoms with van der Waals surface area (Å²) in [5.41, 5.74) is 11.4. The number of nitrogens with zero attached hydrogens (tertiary/aromatic N) is 3. The highest BCUT2D eigenvalue weighted by Gasteiger charge is 2.22. The predicted octanol–water partition coefficient (Wildman–Crippen LogP) is 14.1. The summed E-state index contributed by atoms with van der Waals surface area (Å²) >= 11 is 0. The number of benzene rings is 9. The van der Waals surface area contributed by atoms with Crippen LogP contribution in [0, 0.1) is 0 Å². The molecule has 11 rings (SSSR count). The first-order chi connectivity index (χ1) is 28.3. The Labute approximate surface area is 329 Å². The monoisotopic (exact) mass is 727 g/mol. The fourth-order valence-electron chi connectivity index (χ4n) is 8.24. The second-order valence-electron chi connectivity index (χ2n) is 14.3. The van der Waals surface area contributed by atoms with Crippen LogP contribution in [0.5, 0.6) is 0 Å². The van der Waals surface area contributed by atoms with E-state index in [1.54, 1.807) is 0 Å². The van der Waals surface area contributed by atoms with Crippen LogP contribution < -0.4 is 0 Å². The Balaban J connectivity index is 1.12. The lowest BCUT2D eigenvalue weighted by Gasteiger charge is -2.15. The maximum atomic E-state index is 6.81. The van der Waals surface area contributed by atoms with E-state index in [0.717, 1.165) is 88.0 Å². The molecule has 0 aliphatic rings. The summed E-state index contributed by atoms with van der Waals surface area (Å²) in [7, 11) is 0. The summed E-state index contributed by atoms with van der Waals surface area (Å²) in [6.07, 6.45) is 0. The van der Waals surface area contributed by atoms with Crippen LogP contribution in [-0.4, -0.2) is 15.0 Å². The lowest BCUT2D eigenvalue weighted by molar-refractivity contribution is 0.673. The van der Waals surface area contributed by atoms with Crippen LogP contribution in [0.15, 0.2) is 205 Å². The highest BCUT2D eigenvalue weighted by Crippen LogP contribution is 2.46. The Morgan fingerprint density at radius 1 is 0.298 bits per heavy atom. The van der Waals surface area contributed by atoms with Crippen molar-refractivity contribution in [2.45, 2.75) is 0 Å². The first kappa shape index (κ1) is 32.7. The molecule has 0 saturated carbocycles. The first-order valence-corrected chi connectivity index (χ1v) is 19.2. The number of fused-ring (bicyclic) bond motifs is 6. The van der Waals surface area contributed by atoms with Gasteiger partial charge in [0, 0.05) is 32.8 Å². The summed E-state index contributed by atoms with van der Waals surface area (Å²) in [6, 6.07) is 69.8. The van der Waals surface area contributed by atoms with Gasteiger partial charge in [0.15, 0.2) is 17.5 Å². The molecule has 0 aliphatic heterocycles. The first-order valence-electron chi connectivity index (χ1n) is 19.2. The Kier molecular flexibility index (Phi) is 7.78. The number of aromatic nitrogens is 3. The number of hydrogen-bond acceptors (Lipinski definition) is 4. The molecule has 0 bridgehead atoms. The fourth-order valence-corrected chi connectivity index (χ4v) is 8.24. The maximum Gasteiger partial charge on any atom is 0.164 e. The molecule has 0 radical (unpaired) electrons. The van der Waals surface area contributed by atoms with Gasteiger partial charge in [0.1, 0.15) is 11.2 Å². The SMILES string of the molecule is c1ccc(-c2ccc(-c3nc(-c4ccccc4)nc(-c4ccc(-c5cc6cccc(-c7ccccc7)c6c6oc7ccccc7c56)c5ccccc45)n3)cc2)cc1. The zero-order chi connectivity index (χ0) is 37.7. The molecule has 57 heavy (non-hydrogen) atoms. The summed E-state index contributed by atoms with van der Waals surface area (Å²) in [6.45, 7) is 0. The molecule has 11 aromatic rings. The van der Waals surface area contributed by atoms with E-state index in [9.17, 15) is 0 Å². The molecule has 0 saturated heterocycles. The Morgan fingerprint density at radius 2 is 0.807 bits per heavy atom. The van der Waals surface area contributed by atoms with Crippen LogP contribution in [0.25, 0.3) is 111 Å². The fraction of sp³-hybridized carbons (Fsp3) is 0. The van der Waals surface area contributed by atoms with Gasteiger partial charge in [-0.15, -0.1) is 0 Å². The van der Waals surface area contributed by atoms with Crippen molar-refractivity contribution in [3.05, 3.63) is 200 Å². The minimum atomic E-state index is 0.624. The van der Waals surface area contributed by atoms with Gasteiger partial charge in [-0.25, -0.2) is 15.0 Å². The molecule has 2 aromatic heterocycles. The van der Waals surface area contributed by atoms with E-state index in [1.807, 2.05) is 42.5 Å². The molecule has 0 atom stereocenters. The normalized spacial score (nSPS) is 11.5. The minimum Gasteiger partial charge on any atom is -0.455 e. The highest BCUT2D eigenvalue weighted by molar-refractivity contribution is 6.25. The molecule has 0 spiro atoms. The van der Waals surface area contributed by atoms with E-state index >= 15 is 0 Å². The third-order valence-corrected chi connectivity index (χ3v) is 10.9. The van der Waals surface area contributed by atoms with Crippen molar-refractivity contribution in [3.8, 4) is 67.5 Å². The Morgan fingerprint density at radius 3 is 1.51 bits per heavy atom. The molecule has 0 fully saturated rings. The number of rotatable bonds is 6. The predicted molar refractivity (Wildman–Crippen MR) is 235 cm³/mol. The Bertz CT molecular complexity index is 3260. The summed E-state index contributed by atoms with van der Waals surface area (Å²) in [4.78, 5) is 15.4. The summed E-state index contributed by atoms with van der Waals surface area (Å²) < 4.78 is 6.81. The molecule has 266 valence electrons. The number of furan rings is 1. The zero-order valence-corrected chi connectivity index (χ0v) is 30.8. The number of para-hydroxylation sites is 1. The van der Waals surface area contributed by atoms with Gasteiger partial charge in [0.2, 0.25) is 0 Å². The van der Waals surface area contributed by atoms with E-state index in [2.05, 4.69) is 158 Å². The van der Waals surface area contributed by atoms with Crippen LogP contribution in [0.4, 0.5) is 0 Å². The summed E-state index contributed by atoms with van der Waals surface area (Å²) in [5.74, 6) is 1.88. The van der Waals surface area contributed by atoms with Gasteiger partial charge in [-0.2, -0.15) is 0 Å². The van der Waals surface area contributed by atoms with E-state index in [4.69, 9.17) is 19.4 Å². The maximum absolute atomic E-state index is 6.81. The lowest BCUT2D eigenvalue weighted by Crippen LogP contribution is -2.01. The van der Waals surface area contributed by atoms with Crippen molar-refractivity contribution < 1.29 is 4.42 Å². The average molecular weight is 728 g/mol. The molecule has 4 heteroatoms. The zero-order valence-electron chi connectivity index (χ0n) is 30.8. The Hall–Kier alpha value is -7.69. The van der Waals surface area contributed by atoms with Crippen LogP contribution in [-0.2, 0) is 0 Å². The smallest absolute Gasteiger partial charge is 0.164 e. The third-order valence-electron chi connectivity index (χ3n) is 10.9. The largest absolute Gasteiger partial charge is 0.455 e. The van der Waals surface area contributed by atoms with Crippen molar-refractivity contribution in [1.29, 1.82) is 0 Å². The molecule has 2 heterocycles. The molecule has 0 N–H and O–H groups in total. The molecular weight excluding hydrogens is 695 g/mol. The van der Waals surface area contributed by atoms with Gasteiger partial charge in [0.05, 0.1) is 0 Å². The molecule has 0 unspecified atom stereocenters. The van der Waals surface area contributed by atoms with Crippen LogP contribution in [0.3, 0.4) is 0 Å². The van der Waals surface area contributed by atoms with Crippen LogP contribution in [0.1, 0.15) is 0 Å². The van der Waals surface area contributed by atoms with Gasteiger partial charge in [-0.3, -0.25) is 0 Å². The lowest BCUT2D eigenvalue weighted by atomic mass is 9.88. The van der Waals surface area contributed by atoms with E-state index < -0.39 is 0 Å². The molecule has 0 amide bonds. The second-order valence-corrected chi connectivity index (χ2v) is 14.3. The van der Waals surface area contributed by atoms with Gasteiger partial charge >= 0.3 is 0 Å². The highest BCUT2D eigenvalue weighted by atomic mass is 16.3. The van der Waals surface area contributed by atoms with Gasteiger partial charge in [-0.1, -0.05) is 182 Å². The van der Waals surface area contributed by atoms with Crippen LogP contribution in [0.2, 0.25) is 0 Å². The van der Waals surface area contributed by atoms with Gasteiger partial charge < -0.3 is 4.42 Å². The van der Waals surface area contributed by atoms with E-state index in [1.165, 1.54) is 5.56 Å².